The fraction of sp³-hybridized carbons (Fsp3) is 0.409. The standard InChI is InChI=1S/C22H28N2O4S/c1-15-13-17(3)21(14-16(15)2)18(4)23-22(25)19-5-7-20(8-6-19)29(26,27)24-9-11-28-12-10-24/h5-8,13-14,18H,9-12H2,1-4H3,(H,23,25). The molecule has 2 aromatic carbocycles. The summed E-state index contributed by atoms with van der Waals surface area (Å²) in [6.45, 7) is 9.60. The molecule has 1 saturated heterocycles. The van der Waals surface area contributed by atoms with Crippen molar-refractivity contribution in [1.82, 2.24) is 9.62 Å². The van der Waals surface area contributed by atoms with E-state index in [1.807, 2.05) is 13.8 Å². The molecule has 3 rings (SSSR count). The molecular formula is C22H28N2O4S. The number of morpholine rings is 1. The average Bonchev–Trinajstić information content (AvgIpc) is 2.71. The third-order valence-electron chi connectivity index (χ3n) is 5.42. The Morgan fingerprint density at radius 2 is 1.59 bits per heavy atom. The van der Waals surface area contributed by atoms with Crippen LogP contribution in [0.3, 0.4) is 0 Å². The zero-order chi connectivity index (χ0) is 21.2. The smallest absolute Gasteiger partial charge is 0.251 e. The number of carbonyl (C=O) groups is 1. The molecule has 7 heteroatoms. The predicted molar refractivity (Wildman–Crippen MR) is 113 cm³/mol. The summed E-state index contributed by atoms with van der Waals surface area (Å²) < 4.78 is 32.0. The van der Waals surface area contributed by atoms with Crippen LogP contribution < -0.4 is 5.32 Å². The Hall–Kier alpha value is -2.22. The monoisotopic (exact) mass is 416 g/mol. The van der Waals surface area contributed by atoms with E-state index >= 15 is 0 Å². The van der Waals surface area contributed by atoms with Crippen LogP contribution in [0.5, 0.6) is 0 Å². The molecule has 1 fully saturated rings. The van der Waals surface area contributed by atoms with E-state index in [4.69, 9.17) is 4.74 Å². The van der Waals surface area contributed by atoms with Crippen LogP contribution in [0.2, 0.25) is 0 Å². The summed E-state index contributed by atoms with van der Waals surface area (Å²) in [5.41, 5.74) is 5.05. The van der Waals surface area contributed by atoms with Crippen LogP contribution in [0.4, 0.5) is 0 Å². The molecule has 2 aromatic rings. The maximum absolute atomic E-state index is 12.7. The highest BCUT2D eigenvalue weighted by atomic mass is 32.2. The van der Waals surface area contributed by atoms with Gasteiger partial charge in [-0.3, -0.25) is 4.79 Å². The molecule has 0 bridgehead atoms. The minimum absolute atomic E-state index is 0.154. The highest BCUT2D eigenvalue weighted by Crippen LogP contribution is 2.22. The first-order valence-electron chi connectivity index (χ1n) is 9.76. The minimum Gasteiger partial charge on any atom is -0.379 e. The lowest BCUT2D eigenvalue weighted by Gasteiger charge is -2.26. The molecule has 1 aliphatic heterocycles. The minimum atomic E-state index is -3.56. The summed E-state index contributed by atoms with van der Waals surface area (Å²) in [7, 11) is -3.56. The number of sulfonamides is 1. The van der Waals surface area contributed by atoms with Gasteiger partial charge in [-0.25, -0.2) is 8.42 Å². The van der Waals surface area contributed by atoms with Crippen molar-refractivity contribution in [2.75, 3.05) is 26.3 Å². The summed E-state index contributed by atoms with van der Waals surface area (Å²) in [5.74, 6) is -0.231. The Bertz CT molecular complexity index is 994. The van der Waals surface area contributed by atoms with Crippen molar-refractivity contribution in [3.8, 4) is 0 Å². The van der Waals surface area contributed by atoms with Crippen molar-refractivity contribution in [1.29, 1.82) is 0 Å². The second kappa shape index (κ2) is 8.65. The number of amides is 1. The fourth-order valence-electron chi connectivity index (χ4n) is 3.52. The molecule has 1 atom stereocenters. The Morgan fingerprint density at radius 1 is 1.00 bits per heavy atom. The zero-order valence-corrected chi connectivity index (χ0v) is 18.2. The summed E-state index contributed by atoms with van der Waals surface area (Å²) in [6.07, 6.45) is 0. The van der Waals surface area contributed by atoms with E-state index in [0.717, 1.165) is 11.1 Å². The van der Waals surface area contributed by atoms with Crippen molar-refractivity contribution in [2.24, 2.45) is 0 Å². The molecule has 29 heavy (non-hydrogen) atoms. The first-order chi connectivity index (χ1) is 13.7. The van der Waals surface area contributed by atoms with Crippen LogP contribution in [0.25, 0.3) is 0 Å². The molecule has 0 radical (unpaired) electrons. The van der Waals surface area contributed by atoms with Crippen molar-refractivity contribution in [3.63, 3.8) is 0 Å². The summed E-state index contributed by atoms with van der Waals surface area (Å²) in [6, 6.07) is 10.2. The highest BCUT2D eigenvalue weighted by molar-refractivity contribution is 7.89. The number of carbonyl (C=O) groups excluding carboxylic acids is 1. The summed E-state index contributed by atoms with van der Waals surface area (Å²) in [4.78, 5) is 12.9. The van der Waals surface area contributed by atoms with Gasteiger partial charge in [-0.2, -0.15) is 4.31 Å². The van der Waals surface area contributed by atoms with Gasteiger partial charge in [0, 0.05) is 18.7 Å². The van der Waals surface area contributed by atoms with E-state index in [1.165, 1.54) is 27.6 Å². The number of hydrogen-bond donors (Lipinski definition) is 1. The third kappa shape index (κ3) is 4.69. The quantitative estimate of drug-likeness (QED) is 0.813. The SMILES string of the molecule is Cc1cc(C)c(C(C)NC(=O)c2ccc(S(=O)(=O)N3CCOCC3)cc2)cc1C. The van der Waals surface area contributed by atoms with Crippen molar-refractivity contribution in [2.45, 2.75) is 38.6 Å². The van der Waals surface area contributed by atoms with Gasteiger partial charge < -0.3 is 10.1 Å². The van der Waals surface area contributed by atoms with Gasteiger partial charge in [0.15, 0.2) is 0 Å². The van der Waals surface area contributed by atoms with Gasteiger partial charge in [-0.05, 0) is 74.2 Å². The first kappa shape index (κ1) is 21.5. The molecule has 0 aromatic heterocycles. The summed E-state index contributed by atoms with van der Waals surface area (Å²) in [5, 5.41) is 3.01. The van der Waals surface area contributed by atoms with Crippen molar-refractivity contribution >= 4 is 15.9 Å². The highest BCUT2D eigenvalue weighted by Gasteiger charge is 2.26. The molecule has 1 amide bonds. The molecule has 1 unspecified atom stereocenters. The van der Waals surface area contributed by atoms with Gasteiger partial charge in [0.2, 0.25) is 10.0 Å². The number of rotatable bonds is 5. The van der Waals surface area contributed by atoms with Crippen LogP contribution in [0.1, 0.15) is 45.6 Å². The predicted octanol–water partition coefficient (Wildman–Crippen LogP) is 3.12. The Kier molecular flexibility index (Phi) is 6.41. The number of nitrogens with zero attached hydrogens (tertiary/aromatic N) is 1. The normalized spacial score (nSPS) is 16.4. The van der Waals surface area contributed by atoms with Crippen LogP contribution in [0, 0.1) is 20.8 Å². The molecule has 0 aliphatic carbocycles. The van der Waals surface area contributed by atoms with Gasteiger partial charge in [-0.1, -0.05) is 12.1 Å². The van der Waals surface area contributed by atoms with E-state index < -0.39 is 10.0 Å². The van der Waals surface area contributed by atoms with E-state index in [2.05, 4.69) is 31.3 Å². The van der Waals surface area contributed by atoms with E-state index in [0.29, 0.717) is 31.9 Å². The first-order valence-corrected chi connectivity index (χ1v) is 11.2. The third-order valence-corrected chi connectivity index (χ3v) is 7.33. The summed E-state index contributed by atoms with van der Waals surface area (Å²) >= 11 is 0. The Labute approximate surface area is 172 Å². The molecular weight excluding hydrogens is 388 g/mol. The largest absolute Gasteiger partial charge is 0.379 e. The Morgan fingerprint density at radius 3 is 2.21 bits per heavy atom. The van der Waals surface area contributed by atoms with Gasteiger partial charge in [0.05, 0.1) is 24.2 Å². The molecule has 156 valence electrons. The lowest BCUT2D eigenvalue weighted by Crippen LogP contribution is -2.40. The number of hydrogen-bond acceptors (Lipinski definition) is 4. The number of benzene rings is 2. The number of nitrogens with one attached hydrogen (secondary N) is 1. The van der Waals surface area contributed by atoms with Gasteiger partial charge in [0.25, 0.3) is 5.91 Å². The van der Waals surface area contributed by atoms with Gasteiger partial charge >= 0.3 is 0 Å². The van der Waals surface area contributed by atoms with Crippen LogP contribution in [-0.2, 0) is 14.8 Å². The zero-order valence-electron chi connectivity index (χ0n) is 17.4. The van der Waals surface area contributed by atoms with E-state index in [-0.39, 0.29) is 16.8 Å². The Balaban J connectivity index is 1.73. The van der Waals surface area contributed by atoms with Gasteiger partial charge in [0.1, 0.15) is 0 Å². The molecule has 1 N–H and O–H groups in total. The second-order valence-corrected chi connectivity index (χ2v) is 9.47. The lowest BCUT2D eigenvalue weighted by atomic mass is 9.96. The van der Waals surface area contributed by atoms with Crippen molar-refractivity contribution < 1.29 is 17.9 Å². The van der Waals surface area contributed by atoms with Crippen LogP contribution in [0.15, 0.2) is 41.3 Å². The van der Waals surface area contributed by atoms with E-state index in [1.54, 1.807) is 12.1 Å². The fourth-order valence-corrected chi connectivity index (χ4v) is 4.93. The van der Waals surface area contributed by atoms with E-state index in [9.17, 15) is 13.2 Å². The number of ether oxygens (including phenoxy) is 1. The number of aryl methyl sites for hydroxylation is 3. The van der Waals surface area contributed by atoms with Crippen molar-refractivity contribution in [3.05, 3.63) is 64.2 Å². The molecule has 1 aliphatic rings. The maximum atomic E-state index is 12.7. The molecule has 0 saturated carbocycles. The molecule has 0 spiro atoms. The topological polar surface area (TPSA) is 75.7 Å². The second-order valence-electron chi connectivity index (χ2n) is 7.53. The molecule has 6 nitrogen and oxygen atoms in total. The lowest BCUT2D eigenvalue weighted by molar-refractivity contribution is 0.0730. The molecule has 1 heterocycles. The average molecular weight is 417 g/mol. The van der Waals surface area contributed by atoms with Crippen LogP contribution >= 0.6 is 0 Å². The maximum Gasteiger partial charge on any atom is 0.251 e. The van der Waals surface area contributed by atoms with Crippen LogP contribution in [-0.4, -0.2) is 44.9 Å². The van der Waals surface area contributed by atoms with Gasteiger partial charge in [-0.15, -0.1) is 0 Å².